The van der Waals surface area contributed by atoms with Gasteiger partial charge in [-0.05, 0) is 85.4 Å². The minimum Gasteiger partial charge on any atom is -0.619 e. The second-order valence-electron chi connectivity index (χ2n) is 12.3. The fraction of sp³-hybridized carbons (Fsp3) is 0.324. The first-order valence-corrected chi connectivity index (χ1v) is 16.9. The van der Waals surface area contributed by atoms with Crippen LogP contribution in [0.15, 0.2) is 79.1 Å². The summed E-state index contributed by atoms with van der Waals surface area (Å²) in [6.07, 6.45) is 3.19. The molecule has 0 saturated carbocycles. The molecule has 1 N–H and O–H groups in total. The van der Waals surface area contributed by atoms with Crippen LogP contribution in [0.5, 0.6) is 11.5 Å². The first kappa shape index (κ1) is 35.3. The van der Waals surface area contributed by atoms with Crippen LogP contribution < -0.4 is 19.5 Å². The zero-order valence-corrected chi connectivity index (χ0v) is 29.0. The van der Waals surface area contributed by atoms with Crippen molar-refractivity contribution in [3.8, 4) is 11.5 Å². The van der Waals surface area contributed by atoms with Gasteiger partial charge in [-0.15, -0.1) is 0 Å². The average molecular weight is 725 g/mol. The zero-order valence-electron chi connectivity index (χ0n) is 27.4. The molecule has 0 spiro atoms. The molecule has 3 aromatic carbocycles. The smallest absolute Gasteiger partial charge is 0.338 e. The largest absolute Gasteiger partial charge is 0.619 e. The molecule has 50 heavy (non-hydrogen) atoms. The molecule has 7 rings (SSSR count). The number of pyridine rings is 1. The lowest BCUT2D eigenvalue weighted by Gasteiger charge is -2.44. The Balaban J connectivity index is 1.26. The van der Waals surface area contributed by atoms with Gasteiger partial charge in [-0.1, -0.05) is 47.5 Å². The molecule has 3 aliphatic rings. The maximum atomic E-state index is 13.9. The van der Waals surface area contributed by atoms with Crippen molar-refractivity contribution in [3.63, 3.8) is 0 Å². The zero-order chi connectivity index (χ0) is 35.4. The highest BCUT2D eigenvalue weighted by Gasteiger charge is 2.38. The molecule has 13 heteroatoms. The van der Waals surface area contributed by atoms with Crippen LogP contribution in [0, 0.1) is 16.9 Å². The molecule has 3 fully saturated rings. The Hall–Kier alpha value is -4.58. The van der Waals surface area contributed by atoms with E-state index in [1.165, 1.54) is 50.9 Å². The summed E-state index contributed by atoms with van der Waals surface area (Å²) in [6, 6.07) is 16.3. The molecular formula is C37H36Cl2FN3O7. The van der Waals surface area contributed by atoms with Gasteiger partial charge in [0.15, 0.2) is 29.9 Å². The van der Waals surface area contributed by atoms with Gasteiger partial charge < -0.3 is 29.5 Å². The van der Waals surface area contributed by atoms with Crippen LogP contribution in [0.1, 0.15) is 52.0 Å². The number of nitrogens with zero attached hydrogens (tertiary/aromatic N) is 2. The van der Waals surface area contributed by atoms with Crippen LogP contribution in [-0.2, 0) is 20.7 Å². The van der Waals surface area contributed by atoms with Crippen molar-refractivity contribution in [3.05, 3.63) is 122 Å². The van der Waals surface area contributed by atoms with Crippen LogP contribution in [0.2, 0.25) is 10.0 Å². The Kier molecular flexibility index (Phi) is 11.0. The Morgan fingerprint density at radius 3 is 2.28 bits per heavy atom. The van der Waals surface area contributed by atoms with Gasteiger partial charge in [-0.2, -0.15) is 4.73 Å². The second kappa shape index (κ2) is 15.5. The number of anilines is 1. The van der Waals surface area contributed by atoms with E-state index in [9.17, 15) is 19.2 Å². The monoisotopic (exact) mass is 723 g/mol. The van der Waals surface area contributed by atoms with Crippen molar-refractivity contribution >= 4 is 40.8 Å². The second-order valence-corrected chi connectivity index (χ2v) is 13.1. The van der Waals surface area contributed by atoms with Crippen molar-refractivity contribution in [2.75, 3.05) is 39.2 Å². The minimum absolute atomic E-state index is 0.0374. The predicted octanol–water partition coefficient (Wildman–Crippen LogP) is 6.71. The van der Waals surface area contributed by atoms with E-state index in [1.54, 1.807) is 42.5 Å². The molecule has 3 aliphatic heterocycles. The molecule has 0 amide bonds. The summed E-state index contributed by atoms with van der Waals surface area (Å²) in [5, 5.41) is 15.3. The molecule has 10 nitrogen and oxygen atoms in total. The van der Waals surface area contributed by atoms with Crippen molar-refractivity contribution < 1.29 is 37.7 Å². The number of hydrogen-bond donors (Lipinski definition) is 1. The van der Waals surface area contributed by atoms with E-state index < -0.39 is 29.9 Å². The Bertz CT molecular complexity index is 1830. The van der Waals surface area contributed by atoms with E-state index in [2.05, 4.69) is 10.2 Å². The maximum absolute atomic E-state index is 13.9. The predicted molar refractivity (Wildman–Crippen MR) is 185 cm³/mol. The standard InChI is InChI=1S/C37H36Cl2FN3O7/c1-47-31-11-8-24(17-33(31)48-2)32(18-28-29(38)19-43(46)20-30(28)39)49-36(44)25-4-3-5-27(16-25)41-35(23-6-9-26(40)10-7-23)37(45)50-34-21-42-14-12-22(34)13-15-42/h3-11,16-17,19-20,22,32,34-35,41H,12-15,18,21H2,1-2H3/t32?,34-,35?/m0/s1. The summed E-state index contributed by atoms with van der Waals surface area (Å²) in [7, 11) is 3.00. The third-order valence-corrected chi connectivity index (χ3v) is 9.84. The number of carbonyl (C=O) groups excluding carboxylic acids is 2. The Morgan fingerprint density at radius 2 is 1.64 bits per heavy atom. The number of nitrogens with one attached hydrogen (secondary N) is 1. The number of hydrogen-bond acceptors (Lipinski definition) is 9. The first-order valence-electron chi connectivity index (χ1n) is 16.2. The summed E-state index contributed by atoms with van der Waals surface area (Å²) in [5.74, 6) is -0.409. The van der Waals surface area contributed by atoms with Gasteiger partial charge in [0.25, 0.3) is 0 Å². The number of benzene rings is 3. The number of ether oxygens (including phenoxy) is 4. The quantitative estimate of drug-likeness (QED) is 0.0968. The number of aromatic nitrogens is 1. The number of rotatable bonds is 12. The van der Waals surface area contributed by atoms with Gasteiger partial charge in [-0.25, -0.2) is 14.0 Å². The lowest BCUT2D eigenvalue weighted by atomic mass is 9.86. The van der Waals surface area contributed by atoms with E-state index in [0.29, 0.717) is 51.1 Å². The molecule has 4 heterocycles. The summed E-state index contributed by atoms with van der Waals surface area (Å²) >= 11 is 12.8. The first-order chi connectivity index (χ1) is 24.1. The van der Waals surface area contributed by atoms with E-state index in [1.807, 2.05) is 0 Å². The SMILES string of the molecule is COc1ccc(C(Cc2c(Cl)c[n+]([O-])cc2Cl)OC(=O)c2cccc(NC(C(=O)O[C@H]3CN4CCC3CC4)c3ccc(F)cc3)c2)cc1OC. The molecule has 262 valence electrons. The molecule has 0 radical (unpaired) electrons. The lowest BCUT2D eigenvalue weighted by molar-refractivity contribution is -0.605. The molecule has 3 saturated heterocycles. The van der Waals surface area contributed by atoms with Crippen LogP contribution in [-0.4, -0.2) is 56.8 Å². The third-order valence-electron chi connectivity index (χ3n) is 9.19. The molecular weight excluding hydrogens is 688 g/mol. The number of esters is 2. The van der Waals surface area contributed by atoms with Crippen molar-refractivity contribution in [1.82, 2.24) is 4.90 Å². The van der Waals surface area contributed by atoms with Gasteiger partial charge in [0.1, 0.15) is 28.1 Å². The highest BCUT2D eigenvalue weighted by molar-refractivity contribution is 6.35. The van der Waals surface area contributed by atoms with Crippen LogP contribution in [0.3, 0.4) is 0 Å². The van der Waals surface area contributed by atoms with E-state index in [4.69, 9.17) is 42.1 Å². The average Bonchev–Trinajstić information content (AvgIpc) is 3.12. The van der Waals surface area contributed by atoms with E-state index in [0.717, 1.165) is 25.9 Å². The number of piperidine rings is 3. The molecule has 2 bridgehead atoms. The van der Waals surface area contributed by atoms with Crippen LogP contribution in [0.25, 0.3) is 0 Å². The molecule has 3 atom stereocenters. The summed E-state index contributed by atoms with van der Waals surface area (Å²) in [4.78, 5) is 29.8. The maximum Gasteiger partial charge on any atom is 0.338 e. The summed E-state index contributed by atoms with van der Waals surface area (Å²) in [5.41, 5.74) is 2.11. The van der Waals surface area contributed by atoms with Crippen molar-refractivity contribution in [2.45, 2.75) is 37.5 Å². The molecule has 2 unspecified atom stereocenters. The van der Waals surface area contributed by atoms with Gasteiger partial charge in [0.2, 0.25) is 0 Å². The van der Waals surface area contributed by atoms with Crippen molar-refractivity contribution in [1.29, 1.82) is 0 Å². The molecule has 0 aliphatic carbocycles. The highest BCUT2D eigenvalue weighted by atomic mass is 35.5. The van der Waals surface area contributed by atoms with E-state index in [-0.39, 0.29) is 28.1 Å². The van der Waals surface area contributed by atoms with Crippen LogP contribution in [0.4, 0.5) is 10.1 Å². The molecule has 4 aromatic rings. The Morgan fingerprint density at radius 1 is 0.960 bits per heavy atom. The normalized spacial score (nSPS) is 19.3. The topological polar surface area (TPSA) is 113 Å². The fourth-order valence-electron chi connectivity index (χ4n) is 6.49. The van der Waals surface area contributed by atoms with E-state index >= 15 is 0 Å². The third kappa shape index (κ3) is 8.07. The number of fused-ring (bicyclic) bond motifs is 3. The van der Waals surface area contributed by atoms with Gasteiger partial charge in [0, 0.05) is 24.2 Å². The van der Waals surface area contributed by atoms with Gasteiger partial charge in [0.05, 0.1) is 19.8 Å². The number of halogens is 3. The lowest BCUT2D eigenvalue weighted by Crippen LogP contribution is -2.52. The summed E-state index contributed by atoms with van der Waals surface area (Å²) in [6.45, 7) is 2.69. The number of methoxy groups -OCH3 is 2. The fourth-order valence-corrected chi connectivity index (χ4v) is 7.09. The van der Waals surface area contributed by atoms with Gasteiger partial charge in [-0.3, -0.25) is 4.90 Å². The van der Waals surface area contributed by atoms with Gasteiger partial charge >= 0.3 is 11.9 Å². The molecule has 1 aromatic heterocycles. The Labute approximate surface area is 299 Å². The minimum atomic E-state index is -0.969. The van der Waals surface area contributed by atoms with Crippen LogP contribution >= 0.6 is 23.2 Å². The van der Waals surface area contributed by atoms with Crippen molar-refractivity contribution in [2.24, 2.45) is 5.92 Å². The summed E-state index contributed by atoms with van der Waals surface area (Å²) < 4.78 is 37.3. The highest BCUT2D eigenvalue weighted by Crippen LogP contribution is 2.36. The number of carbonyl (C=O) groups is 2.